The van der Waals surface area contributed by atoms with Crippen molar-refractivity contribution in [1.82, 2.24) is 0 Å². The van der Waals surface area contributed by atoms with Gasteiger partial charge < -0.3 is 19.7 Å². The highest BCUT2D eigenvalue weighted by molar-refractivity contribution is 6.51. The van der Waals surface area contributed by atoms with Gasteiger partial charge in [-0.1, -0.05) is 47.5 Å². The van der Waals surface area contributed by atoms with Crippen LogP contribution in [0.3, 0.4) is 0 Å². The van der Waals surface area contributed by atoms with Crippen LogP contribution in [0.1, 0.15) is 22.7 Å². The highest BCUT2D eigenvalue weighted by Gasteiger charge is 2.47. The number of halogens is 2. The fraction of sp³-hybridized carbons (Fsp3) is 0.148. The number of carboxylic acid groups (broad SMARTS) is 1. The summed E-state index contributed by atoms with van der Waals surface area (Å²) >= 11 is 12.5. The molecule has 4 rings (SSSR count). The number of hydrogen-bond donors (Lipinski definition) is 2. The Morgan fingerprint density at radius 3 is 2.16 bits per heavy atom. The summed E-state index contributed by atoms with van der Waals surface area (Å²) in [5.41, 5.74) is 1.31. The summed E-state index contributed by atoms with van der Waals surface area (Å²) in [4.78, 5) is 39.0. The van der Waals surface area contributed by atoms with Gasteiger partial charge in [-0.2, -0.15) is 0 Å². The Morgan fingerprint density at radius 2 is 1.59 bits per heavy atom. The maximum absolute atomic E-state index is 13.3. The lowest BCUT2D eigenvalue weighted by molar-refractivity contribution is -0.136. The van der Waals surface area contributed by atoms with Gasteiger partial charge in [0.2, 0.25) is 0 Å². The number of ketones is 1. The van der Waals surface area contributed by atoms with Crippen molar-refractivity contribution >= 4 is 52.3 Å². The maximum atomic E-state index is 13.3. The third-order valence-electron chi connectivity index (χ3n) is 5.90. The fourth-order valence-electron chi connectivity index (χ4n) is 4.22. The van der Waals surface area contributed by atoms with Crippen molar-refractivity contribution in [2.24, 2.45) is 0 Å². The summed E-state index contributed by atoms with van der Waals surface area (Å²) in [7, 11) is 2.88. The lowest BCUT2D eigenvalue weighted by Crippen LogP contribution is -2.29. The highest BCUT2D eigenvalue weighted by Crippen LogP contribution is 2.44. The first-order valence-corrected chi connectivity index (χ1v) is 11.7. The summed E-state index contributed by atoms with van der Waals surface area (Å²) in [5, 5.41) is 20.6. The van der Waals surface area contributed by atoms with Gasteiger partial charge in [-0.05, 0) is 47.5 Å². The summed E-state index contributed by atoms with van der Waals surface area (Å²) in [6, 6.07) is 14.7. The van der Waals surface area contributed by atoms with E-state index in [-0.39, 0.29) is 33.4 Å². The molecule has 0 aromatic heterocycles. The third-order valence-corrected chi connectivity index (χ3v) is 6.46. The number of rotatable bonds is 7. The van der Waals surface area contributed by atoms with Crippen LogP contribution in [0.25, 0.3) is 5.76 Å². The summed E-state index contributed by atoms with van der Waals surface area (Å²) in [5.74, 6) is -2.57. The number of amides is 1. The number of anilines is 1. The van der Waals surface area contributed by atoms with E-state index in [1.165, 1.54) is 31.3 Å². The molecule has 3 aromatic rings. The number of methoxy groups -OCH3 is 2. The average Bonchev–Trinajstić information content (AvgIpc) is 3.14. The second-order valence-electron chi connectivity index (χ2n) is 8.16. The molecule has 1 fully saturated rings. The van der Waals surface area contributed by atoms with Gasteiger partial charge in [-0.15, -0.1) is 0 Å². The molecule has 1 saturated heterocycles. The number of carboxylic acids is 1. The van der Waals surface area contributed by atoms with Crippen LogP contribution >= 0.6 is 23.2 Å². The molecular formula is C27H21Cl2NO7. The van der Waals surface area contributed by atoms with Gasteiger partial charge in [0.15, 0.2) is 5.75 Å². The largest absolute Gasteiger partial charge is 0.507 e. The first-order valence-electron chi connectivity index (χ1n) is 10.9. The summed E-state index contributed by atoms with van der Waals surface area (Å²) < 4.78 is 10.5. The van der Waals surface area contributed by atoms with Crippen molar-refractivity contribution < 1.29 is 34.1 Å². The minimum Gasteiger partial charge on any atom is -0.507 e. The van der Waals surface area contributed by atoms with Crippen molar-refractivity contribution in [2.45, 2.75) is 12.5 Å². The van der Waals surface area contributed by atoms with E-state index < -0.39 is 29.5 Å². The summed E-state index contributed by atoms with van der Waals surface area (Å²) in [6.45, 7) is 0. The monoisotopic (exact) mass is 541 g/mol. The topological polar surface area (TPSA) is 113 Å². The van der Waals surface area contributed by atoms with E-state index in [9.17, 15) is 19.5 Å². The number of aliphatic hydroxyl groups is 1. The maximum Gasteiger partial charge on any atom is 0.307 e. The van der Waals surface area contributed by atoms with Crippen LogP contribution in [0.4, 0.5) is 5.69 Å². The molecule has 1 aliphatic rings. The average molecular weight is 542 g/mol. The van der Waals surface area contributed by atoms with Crippen LogP contribution in [0, 0.1) is 0 Å². The third kappa shape index (κ3) is 4.98. The molecule has 2 N–H and O–H groups in total. The van der Waals surface area contributed by atoms with Crippen molar-refractivity contribution in [3.05, 3.63) is 93.0 Å². The number of hydrogen-bond acceptors (Lipinski definition) is 6. The van der Waals surface area contributed by atoms with Gasteiger partial charge in [0.05, 0.1) is 42.3 Å². The Balaban J connectivity index is 1.92. The predicted molar refractivity (Wildman–Crippen MR) is 139 cm³/mol. The molecule has 3 aromatic carbocycles. The number of carbonyl (C=O) groups excluding carboxylic acids is 2. The zero-order valence-corrected chi connectivity index (χ0v) is 21.2. The van der Waals surface area contributed by atoms with E-state index in [0.717, 1.165) is 0 Å². The van der Waals surface area contributed by atoms with Gasteiger partial charge in [-0.3, -0.25) is 19.3 Å². The standard InChI is InChI=1S/C27H21Cl2NO7/c1-36-18-5-3-4-15(11-18)23-22(24(33)16-12-19(28)26(37-2)20(29)13-16)25(34)27(35)30(23)17-8-6-14(7-9-17)10-21(31)32/h3-9,11-13,23,33H,10H2,1-2H3,(H,31,32)/b24-22+. The molecule has 0 aliphatic carbocycles. The number of carbonyl (C=O) groups is 3. The predicted octanol–water partition coefficient (Wildman–Crippen LogP) is 5.26. The molecule has 0 saturated carbocycles. The molecule has 8 nitrogen and oxygen atoms in total. The lowest BCUT2D eigenvalue weighted by Gasteiger charge is -2.26. The van der Waals surface area contributed by atoms with E-state index in [1.807, 2.05) is 0 Å². The Kier molecular flexibility index (Phi) is 7.42. The van der Waals surface area contributed by atoms with Crippen LogP contribution in [-0.2, 0) is 20.8 Å². The van der Waals surface area contributed by atoms with E-state index in [1.54, 1.807) is 48.5 Å². The van der Waals surface area contributed by atoms with Crippen LogP contribution < -0.4 is 14.4 Å². The second-order valence-corrected chi connectivity index (χ2v) is 8.97. The summed E-state index contributed by atoms with van der Waals surface area (Å²) in [6.07, 6.45) is -0.197. The molecule has 1 amide bonds. The Hall–Kier alpha value is -4.01. The van der Waals surface area contributed by atoms with Crippen molar-refractivity contribution in [1.29, 1.82) is 0 Å². The SMILES string of the molecule is COc1cccc(C2/C(=C(\O)c3cc(Cl)c(OC)c(Cl)c3)C(=O)C(=O)N2c2ccc(CC(=O)O)cc2)c1. The smallest absolute Gasteiger partial charge is 0.307 e. The minimum atomic E-state index is -1.03. The normalized spacial score (nSPS) is 16.6. The molecule has 0 spiro atoms. The molecule has 0 radical (unpaired) electrons. The molecule has 10 heteroatoms. The number of nitrogens with zero attached hydrogens (tertiary/aromatic N) is 1. The van der Waals surface area contributed by atoms with Gasteiger partial charge in [0, 0.05) is 11.3 Å². The first-order chi connectivity index (χ1) is 17.7. The number of aliphatic carboxylic acids is 1. The van der Waals surface area contributed by atoms with Crippen molar-refractivity contribution in [3.8, 4) is 11.5 Å². The lowest BCUT2D eigenvalue weighted by atomic mass is 9.95. The molecule has 190 valence electrons. The van der Waals surface area contributed by atoms with E-state index >= 15 is 0 Å². The van der Waals surface area contributed by atoms with Gasteiger partial charge in [0.25, 0.3) is 11.7 Å². The molecular weight excluding hydrogens is 521 g/mol. The van der Waals surface area contributed by atoms with Crippen molar-refractivity contribution in [3.63, 3.8) is 0 Å². The van der Waals surface area contributed by atoms with Crippen LogP contribution in [0.2, 0.25) is 10.0 Å². The number of benzene rings is 3. The molecule has 1 unspecified atom stereocenters. The van der Waals surface area contributed by atoms with E-state index in [2.05, 4.69) is 0 Å². The van der Waals surface area contributed by atoms with Gasteiger partial charge in [-0.25, -0.2) is 0 Å². The zero-order chi connectivity index (χ0) is 26.9. The van der Waals surface area contributed by atoms with Crippen LogP contribution in [0.15, 0.2) is 66.2 Å². The first kappa shape index (κ1) is 26.1. The molecule has 0 bridgehead atoms. The Morgan fingerprint density at radius 1 is 0.946 bits per heavy atom. The molecule has 1 aliphatic heterocycles. The number of ether oxygens (including phenoxy) is 2. The van der Waals surface area contributed by atoms with Crippen LogP contribution in [0.5, 0.6) is 11.5 Å². The molecule has 1 heterocycles. The Labute approximate surface area is 222 Å². The van der Waals surface area contributed by atoms with Crippen molar-refractivity contribution in [2.75, 3.05) is 19.1 Å². The van der Waals surface area contributed by atoms with Gasteiger partial charge >= 0.3 is 5.97 Å². The van der Waals surface area contributed by atoms with Gasteiger partial charge in [0.1, 0.15) is 11.5 Å². The zero-order valence-electron chi connectivity index (χ0n) is 19.7. The van der Waals surface area contributed by atoms with Crippen LogP contribution in [-0.4, -0.2) is 42.1 Å². The second kappa shape index (κ2) is 10.5. The Bertz CT molecular complexity index is 1410. The molecule has 37 heavy (non-hydrogen) atoms. The number of Topliss-reactive ketones (excluding diaryl/α,β-unsaturated/α-hetero) is 1. The fourth-order valence-corrected chi connectivity index (χ4v) is 4.86. The van der Waals surface area contributed by atoms with E-state index in [0.29, 0.717) is 22.6 Å². The quantitative estimate of drug-likeness (QED) is 0.238. The number of aliphatic hydroxyl groups excluding tert-OH is 1. The van der Waals surface area contributed by atoms with E-state index in [4.69, 9.17) is 37.8 Å². The molecule has 1 atom stereocenters. The minimum absolute atomic E-state index is 0.109. The highest BCUT2D eigenvalue weighted by atomic mass is 35.5.